The van der Waals surface area contributed by atoms with Crippen LogP contribution in [0.25, 0.3) is 0 Å². The molecule has 0 radical (unpaired) electrons. The van der Waals surface area contributed by atoms with E-state index >= 15 is 0 Å². The lowest BCUT2D eigenvalue weighted by molar-refractivity contribution is -0.114. The molecule has 1 amide bonds. The van der Waals surface area contributed by atoms with Crippen LogP contribution >= 0.6 is 0 Å². The van der Waals surface area contributed by atoms with Crippen molar-refractivity contribution >= 4 is 11.6 Å². The molecule has 0 spiro atoms. The summed E-state index contributed by atoms with van der Waals surface area (Å²) >= 11 is 0. The molecule has 0 aliphatic carbocycles. The van der Waals surface area contributed by atoms with E-state index in [1.54, 1.807) is 6.07 Å². The number of benzene rings is 1. The Kier molecular flexibility index (Phi) is 3.65. The maximum Gasteiger partial charge on any atom is 0.221 e. The van der Waals surface area contributed by atoms with E-state index in [0.29, 0.717) is 5.56 Å². The Labute approximate surface area is 87.5 Å². The number of rotatable bonds is 3. The molecule has 5 N–H and O–H groups in total. The summed E-state index contributed by atoms with van der Waals surface area (Å²) in [5.41, 5.74) is 6.12. The molecule has 1 aromatic carbocycles. The molecule has 0 aliphatic heterocycles. The van der Waals surface area contributed by atoms with Crippen LogP contribution in [0.1, 0.15) is 18.6 Å². The third-order valence-electron chi connectivity index (χ3n) is 1.94. The Morgan fingerprint density at radius 1 is 1.60 bits per heavy atom. The second-order valence-electron chi connectivity index (χ2n) is 3.21. The van der Waals surface area contributed by atoms with E-state index in [4.69, 9.17) is 5.73 Å². The van der Waals surface area contributed by atoms with Gasteiger partial charge in [0, 0.05) is 13.5 Å². The minimum Gasteiger partial charge on any atom is -0.506 e. The van der Waals surface area contributed by atoms with E-state index in [1.165, 1.54) is 19.1 Å². The number of hydrogen-bond acceptors (Lipinski definition) is 4. The number of aliphatic hydroxyl groups excluding tert-OH is 1. The van der Waals surface area contributed by atoms with Crippen LogP contribution in [0, 0.1) is 0 Å². The predicted octanol–water partition coefficient (Wildman–Crippen LogP) is 0.343. The predicted molar refractivity (Wildman–Crippen MR) is 56.4 cm³/mol. The van der Waals surface area contributed by atoms with Gasteiger partial charge in [0.15, 0.2) is 0 Å². The van der Waals surface area contributed by atoms with Crippen LogP contribution in [0.5, 0.6) is 5.75 Å². The van der Waals surface area contributed by atoms with Gasteiger partial charge >= 0.3 is 0 Å². The highest BCUT2D eigenvalue weighted by Gasteiger charge is 2.09. The van der Waals surface area contributed by atoms with Crippen LogP contribution in [0.2, 0.25) is 0 Å². The van der Waals surface area contributed by atoms with Crippen LogP contribution in [-0.4, -0.2) is 22.7 Å². The summed E-state index contributed by atoms with van der Waals surface area (Å²) in [6.07, 6.45) is -0.793. The molecule has 15 heavy (non-hydrogen) atoms. The average molecular weight is 210 g/mol. The molecule has 0 bridgehead atoms. The van der Waals surface area contributed by atoms with E-state index in [-0.39, 0.29) is 23.9 Å². The highest BCUT2D eigenvalue weighted by Crippen LogP contribution is 2.26. The molecule has 0 aromatic heterocycles. The number of carbonyl (C=O) groups is 1. The molecule has 0 fully saturated rings. The van der Waals surface area contributed by atoms with Crippen molar-refractivity contribution in [2.75, 3.05) is 11.9 Å². The van der Waals surface area contributed by atoms with E-state index in [1.807, 2.05) is 0 Å². The van der Waals surface area contributed by atoms with Gasteiger partial charge in [-0.1, -0.05) is 6.07 Å². The first-order chi connectivity index (χ1) is 7.04. The fourth-order valence-electron chi connectivity index (χ4n) is 1.19. The summed E-state index contributed by atoms with van der Waals surface area (Å²) in [7, 11) is 0. The van der Waals surface area contributed by atoms with Crippen LogP contribution in [0.3, 0.4) is 0 Å². The van der Waals surface area contributed by atoms with E-state index in [0.717, 1.165) is 0 Å². The topological polar surface area (TPSA) is 95.6 Å². The molecule has 0 aliphatic rings. The third kappa shape index (κ3) is 2.93. The SMILES string of the molecule is CC(=O)Nc1cc([C@@H](O)CN)ccc1O. The number of aliphatic hydroxyl groups is 1. The van der Waals surface area contributed by atoms with Gasteiger partial charge in [0.05, 0.1) is 11.8 Å². The van der Waals surface area contributed by atoms with Crippen molar-refractivity contribution in [2.45, 2.75) is 13.0 Å². The Morgan fingerprint density at radius 2 is 2.27 bits per heavy atom. The van der Waals surface area contributed by atoms with Crippen molar-refractivity contribution in [1.82, 2.24) is 0 Å². The molecule has 1 rings (SSSR count). The summed E-state index contributed by atoms with van der Waals surface area (Å²) in [4.78, 5) is 10.8. The highest BCUT2D eigenvalue weighted by molar-refractivity contribution is 5.90. The van der Waals surface area contributed by atoms with Crippen molar-refractivity contribution in [3.63, 3.8) is 0 Å². The summed E-state index contributed by atoms with van der Waals surface area (Å²) in [6.45, 7) is 1.43. The number of anilines is 1. The van der Waals surface area contributed by atoms with Crippen LogP contribution in [-0.2, 0) is 4.79 Å². The number of phenols is 1. The maximum absolute atomic E-state index is 10.8. The maximum atomic E-state index is 10.8. The molecule has 5 heteroatoms. The number of aromatic hydroxyl groups is 1. The number of nitrogens with two attached hydrogens (primary N) is 1. The van der Waals surface area contributed by atoms with Gasteiger partial charge in [0.1, 0.15) is 5.75 Å². The first-order valence-electron chi connectivity index (χ1n) is 4.53. The molecule has 0 unspecified atom stereocenters. The quantitative estimate of drug-likeness (QED) is 0.541. The van der Waals surface area contributed by atoms with Gasteiger partial charge in [-0.25, -0.2) is 0 Å². The zero-order valence-corrected chi connectivity index (χ0v) is 8.40. The number of nitrogens with one attached hydrogen (secondary N) is 1. The monoisotopic (exact) mass is 210 g/mol. The van der Waals surface area contributed by atoms with E-state index in [9.17, 15) is 15.0 Å². The summed E-state index contributed by atoms with van der Waals surface area (Å²) in [5.74, 6) is -0.331. The van der Waals surface area contributed by atoms with E-state index < -0.39 is 6.10 Å². The average Bonchev–Trinajstić information content (AvgIpc) is 2.19. The van der Waals surface area contributed by atoms with Gasteiger partial charge in [0.25, 0.3) is 0 Å². The van der Waals surface area contributed by atoms with Gasteiger partial charge in [-0.05, 0) is 17.7 Å². The van der Waals surface area contributed by atoms with Gasteiger partial charge in [0.2, 0.25) is 5.91 Å². The number of hydrogen-bond donors (Lipinski definition) is 4. The van der Waals surface area contributed by atoms with Crippen molar-refractivity contribution in [3.05, 3.63) is 23.8 Å². The fraction of sp³-hybridized carbons (Fsp3) is 0.300. The van der Waals surface area contributed by atoms with Crippen molar-refractivity contribution in [3.8, 4) is 5.75 Å². The normalized spacial score (nSPS) is 12.2. The first-order valence-corrected chi connectivity index (χ1v) is 4.53. The van der Waals surface area contributed by atoms with Crippen LogP contribution in [0.15, 0.2) is 18.2 Å². The number of amides is 1. The van der Waals surface area contributed by atoms with E-state index in [2.05, 4.69) is 5.32 Å². The lowest BCUT2D eigenvalue weighted by atomic mass is 10.1. The molecule has 5 nitrogen and oxygen atoms in total. The minimum absolute atomic E-state index is 0.0434. The first kappa shape index (κ1) is 11.5. The Morgan fingerprint density at radius 3 is 2.80 bits per heavy atom. The highest BCUT2D eigenvalue weighted by atomic mass is 16.3. The molecule has 82 valence electrons. The molecule has 0 saturated heterocycles. The number of carbonyl (C=O) groups excluding carboxylic acids is 1. The van der Waals surface area contributed by atoms with Gasteiger partial charge in [-0.15, -0.1) is 0 Å². The lowest BCUT2D eigenvalue weighted by Gasteiger charge is -2.11. The van der Waals surface area contributed by atoms with Gasteiger partial charge in [-0.2, -0.15) is 0 Å². The Balaban J connectivity index is 2.99. The molecule has 1 atom stereocenters. The molecular formula is C10H14N2O3. The summed E-state index contributed by atoms with van der Waals surface area (Å²) < 4.78 is 0. The second kappa shape index (κ2) is 4.77. The smallest absolute Gasteiger partial charge is 0.221 e. The Bertz CT molecular complexity index is 366. The zero-order valence-electron chi connectivity index (χ0n) is 8.40. The fourth-order valence-corrected chi connectivity index (χ4v) is 1.19. The third-order valence-corrected chi connectivity index (χ3v) is 1.94. The zero-order chi connectivity index (χ0) is 11.4. The van der Waals surface area contributed by atoms with Crippen molar-refractivity contribution in [1.29, 1.82) is 0 Å². The number of phenolic OH excluding ortho intramolecular Hbond substituents is 1. The minimum atomic E-state index is -0.793. The largest absolute Gasteiger partial charge is 0.506 e. The van der Waals surface area contributed by atoms with Gasteiger partial charge < -0.3 is 21.3 Å². The summed E-state index contributed by atoms with van der Waals surface area (Å²) in [6, 6.07) is 4.45. The van der Waals surface area contributed by atoms with Crippen LogP contribution < -0.4 is 11.1 Å². The summed E-state index contributed by atoms with van der Waals surface area (Å²) in [5, 5.41) is 21.3. The molecule has 1 aromatic rings. The molecule has 0 saturated carbocycles. The molecule has 0 heterocycles. The lowest BCUT2D eigenvalue weighted by Crippen LogP contribution is -2.12. The van der Waals surface area contributed by atoms with Crippen molar-refractivity contribution in [2.24, 2.45) is 5.73 Å². The second-order valence-corrected chi connectivity index (χ2v) is 3.21. The molecular weight excluding hydrogens is 196 g/mol. The van der Waals surface area contributed by atoms with Crippen LogP contribution in [0.4, 0.5) is 5.69 Å². The van der Waals surface area contributed by atoms with Crippen molar-refractivity contribution < 1.29 is 15.0 Å². The standard InChI is InChI=1S/C10H14N2O3/c1-6(13)12-8-4-7(10(15)5-11)2-3-9(8)14/h2-4,10,14-15H,5,11H2,1H3,(H,12,13)/t10-/m0/s1. The van der Waals surface area contributed by atoms with Gasteiger partial charge in [-0.3, -0.25) is 4.79 Å². The Hall–Kier alpha value is -1.59.